The van der Waals surface area contributed by atoms with E-state index in [9.17, 15) is 0 Å². The Bertz CT molecular complexity index is 320. The number of thiazole rings is 1. The molecule has 0 fully saturated rings. The van der Waals surface area contributed by atoms with Crippen LogP contribution in [0.3, 0.4) is 0 Å². The molecule has 0 aliphatic heterocycles. The largest absolute Gasteiger partial charge is 0.310 e. The maximum atomic E-state index is 4.64. The van der Waals surface area contributed by atoms with Crippen molar-refractivity contribution in [2.75, 3.05) is 13.6 Å². The van der Waals surface area contributed by atoms with Gasteiger partial charge in [-0.2, -0.15) is 0 Å². The van der Waals surface area contributed by atoms with Crippen LogP contribution in [0.15, 0.2) is 5.38 Å². The molecule has 0 aliphatic rings. The van der Waals surface area contributed by atoms with Gasteiger partial charge in [-0.25, -0.2) is 4.98 Å². The zero-order chi connectivity index (χ0) is 12.8. The summed E-state index contributed by atoms with van der Waals surface area (Å²) in [6.07, 6.45) is 0. The molecule has 0 saturated heterocycles. The van der Waals surface area contributed by atoms with E-state index in [1.54, 1.807) is 11.3 Å². The van der Waals surface area contributed by atoms with E-state index in [1.165, 1.54) is 10.7 Å². The van der Waals surface area contributed by atoms with Crippen LogP contribution in [0.1, 0.15) is 38.4 Å². The Kier molecular flexibility index (Phi) is 6.09. The van der Waals surface area contributed by atoms with Gasteiger partial charge < -0.3 is 5.32 Å². The molecule has 1 heterocycles. The second-order valence-electron chi connectivity index (χ2n) is 5.27. The van der Waals surface area contributed by atoms with Gasteiger partial charge in [0.05, 0.1) is 5.69 Å². The van der Waals surface area contributed by atoms with Crippen molar-refractivity contribution in [1.82, 2.24) is 15.2 Å². The van der Waals surface area contributed by atoms with Crippen LogP contribution in [-0.2, 0) is 13.1 Å². The summed E-state index contributed by atoms with van der Waals surface area (Å²) in [6, 6.07) is 0.569. The van der Waals surface area contributed by atoms with Gasteiger partial charge in [0.25, 0.3) is 0 Å². The van der Waals surface area contributed by atoms with Crippen LogP contribution < -0.4 is 5.32 Å². The standard InChI is InChI=1S/C13H25N3S/c1-10(2)6-14-7-13-15-12(9-17-13)8-16(5)11(3)4/h9-11,14H,6-8H2,1-5H3. The molecule has 0 spiro atoms. The maximum absolute atomic E-state index is 4.64. The van der Waals surface area contributed by atoms with Crippen LogP contribution in [0.5, 0.6) is 0 Å². The minimum absolute atomic E-state index is 0.569. The number of nitrogens with one attached hydrogen (secondary N) is 1. The predicted octanol–water partition coefficient (Wildman–Crippen LogP) is 2.73. The van der Waals surface area contributed by atoms with Gasteiger partial charge in [-0.15, -0.1) is 11.3 Å². The van der Waals surface area contributed by atoms with Crippen LogP contribution in [0.25, 0.3) is 0 Å². The van der Waals surface area contributed by atoms with Crippen LogP contribution in [0.2, 0.25) is 0 Å². The molecule has 0 atom stereocenters. The highest BCUT2D eigenvalue weighted by Gasteiger charge is 2.07. The summed E-state index contributed by atoms with van der Waals surface area (Å²) < 4.78 is 0. The predicted molar refractivity (Wildman–Crippen MR) is 75.3 cm³/mol. The van der Waals surface area contributed by atoms with Gasteiger partial charge in [0.15, 0.2) is 0 Å². The fourth-order valence-electron chi connectivity index (χ4n) is 1.41. The molecule has 3 nitrogen and oxygen atoms in total. The number of hydrogen-bond acceptors (Lipinski definition) is 4. The minimum atomic E-state index is 0.569. The minimum Gasteiger partial charge on any atom is -0.310 e. The second kappa shape index (κ2) is 7.09. The van der Waals surface area contributed by atoms with Crippen molar-refractivity contribution in [3.05, 3.63) is 16.1 Å². The molecule has 0 saturated carbocycles. The van der Waals surface area contributed by atoms with Crippen LogP contribution >= 0.6 is 11.3 Å². The number of hydrogen-bond donors (Lipinski definition) is 1. The van der Waals surface area contributed by atoms with Gasteiger partial charge in [0, 0.05) is 24.5 Å². The third kappa shape index (κ3) is 5.61. The van der Waals surface area contributed by atoms with Crippen molar-refractivity contribution in [3.8, 4) is 0 Å². The lowest BCUT2D eigenvalue weighted by atomic mass is 10.2. The first-order valence-electron chi connectivity index (χ1n) is 6.33. The summed E-state index contributed by atoms with van der Waals surface area (Å²) in [5, 5.41) is 6.79. The molecule has 1 rings (SSSR count). The summed E-state index contributed by atoms with van der Waals surface area (Å²) in [7, 11) is 2.14. The van der Waals surface area contributed by atoms with E-state index in [2.05, 4.69) is 55.3 Å². The number of rotatable bonds is 7. The highest BCUT2D eigenvalue weighted by molar-refractivity contribution is 7.09. The lowest BCUT2D eigenvalue weighted by molar-refractivity contribution is 0.263. The zero-order valence-corrected chi connectivity index (χ0v) is 12.5. The average molecular weight is 255 g/mol. The van der Waals surface area contributed by atoms with E-state index in [1.807, 2.05) is 0 Å². The van der Waals surface area contributed by atoms with Crippen molar-refractivity contribution in [2.45, 2.75) is 46.8 Å². The first kappa shape index (κ1) is 14.6. The van der Waals surface area contributed by atoms with E-state index in [-0.39, 0.29) is 0 Å². The zero-order valence-electron chi connectivity index (χ0n) is 11.7. The van der Waals surface area contributed by atoms with Gasteiger partial charge in [0.1, 0.15) is 5.01 Å². The first-order chi connectivity index (χ1) is 7.99. The quantitative estimate of drug-likeness (QED) is 0.812. The van der Waals surface area contributed by atoms with Crippen molar-refractivity contribution in [3.63, 3.8) is 0 Å². The molecule has 98 valence electrons. The highest BCUT2D eigenvalue weighted by atomic mass is 32.1. The van der Waals surface area contributed by atoms with Crippen molar-refractivity contribution in [2.24, 2.45) is 5.92 Å². The van der Waals surface area contributed by atoms with Gasteiger partial charge in [-0.1, -0.05) is 13.8 Å². The smallest absolute Gasteiger partial charge is 0.107 e. The van der Waals surface area contributed by atoms with Crippen molar-refractivity contribution in [1.29, 1.82) is 0 Å². The normalized spacial score (nSPS) is 12.0. The van der Waals surface area contributed by atoms with E-state index < -0.39 is 0 Å². The molecule has 0 bridgehead atoms. The molecule has 1 N–H and O–H groups in total. The molecule has 1 aromatic heterocycles. The van der Waals surface area contributed by atoms with Gasteiger partial charge in [0.2, 0.25) is 0 Å². The highest BCUT2D eigenvalue weighted by Crippen LogP contribution is 2.12. The number of aromatic nitrogens is 1. The Balaban J connectivity index is 2.37. The van der Waals surface area contributed by atoms with Crippen molar-refractivity contribution >= 4 is 11.3 Å². The third-order valence-electron chi connectivity index (χ3n) is 2.72. The molecule has 17 heavy (non-hydrogen) atoms. The summed E-state index contributed by atoms with van der Waals surface area (Å²) in [6.45, 7) is 11.7. The molecule has 0 aliphatic carbocycles. The average Bonchev–Trinajstić information content (AvgIpc) is 2.65. The lowest BCUT2D eigenvalue weighted by Gasteiger charge is -2.19. The molecule has 4 heteroatoms. The monoisotopic (exact) mass is 255 g/mol. The fraction of sp³-hybridized carbons (Fsp3) is 0.769. The second-order valence-corrected chi connectivity index (χ2v) is 6.21. The Labute approximate surface area is 109 Å². The molecule has 0 radical (unpaired) electrons. The van der Waals surface area contributed by atoms with E-state index in [4.69, 9.17) is 0 Å². The summed E-state index contributed by atoms with van der Waals surface area (Å²) in [4.78, 5) is 6.95. The van der Waals surface area contributed by atoms with E-state index in [0.717, 1.165) is 19.6 Å². The van der Waals surface area contributed by atoms with Crippen molar-refractivity contribution < 1.29 is 0 Å². The van der Waals surface area contributed by atoms with Crippen LogP contribution in [0, 0.1) is 5.92 Å². The van der Waals surface area contributed by atoms with E-state index in [0.29, 0.717) is 12.0 Å². The van der Waals surface area contributed by atoms with Crippen LogP contribution in [-0.4, -0.2) is 29.5 Å². The Morgan fingerprint density at radius 1 is 1.35 bits per heavy atom. The third-order valence-corrected chi connectivity index (χ3v) is 3.62. The molecular formula is C13H25N3S. The summed E-state index contributed by atoms with van der Waals surface area (Å²) in [5.41, 5.74) is 1.19. The molecule has 0 aromatic carbocycles. The Morgan fingerprint density at radius 2 is 2.06 bits per heavy atom. The summed E-state index contributed by atoms with van der Waals surface area (Å²) >= 11 is 1.75. The SMILES string of the molecule is CC(C)CNCc1nc(CN(C)C(C)C)cs1. The summed E-state index contributed by atoms with van der Waals surface area (Å²) in [5.74, 6) is 0.696. The topological polar surface area (TPSA) is 28.2 Å². The molecular weight excluding hydrogens is 230 g/mol. The Morgan fingerprint density at radius 3 is 2.65 bits per heavy atom. The number of nitrogens with zero attached hydrogens (tertiary/aromatic N) is 2. The van der Waals surface area contributed by atoms with Crippen LogP contribution in [0.4, 0.5) is 0 Å². The molecule has 1 aromatic rings. The van der Waals surface area contributed by atoms with Gasteiger partial charge in [-0.3, -0.25) is 4.90 Å². The van der Waals surface area contributed by atoms with Gasteiger partial charge >= 0.3 is 0 Å². The maximum Gasteiger partial charge on any atom is 0.107 e. The Hall–Kier alpha value is -0.450. The fourth-order valence-corrected chi connectivity index (χ4v) is 2.16. The first-order valence-corrected chi connectivity index (χ1v) is 7.21. The van der Waals surface area contributed by atoms with Gasteiger partial charge in [-0.05, 0) is 33.4 Å². The molecule has 0 unspecified atom stereocenters. The lowest BCUT2D eigenvalue weighted by Crippen LogP contribution is -2.25. The van der Waals surface area contributed by atoms with E-state index >= 15 is 0 Å². The molecule has 0 amide bonds.